The number of carbonyl (C=O) groups is 1. The molecule has 1 aliphatic rings. The van der Waals surface area contributed by atoms with E-state index in [0.717, 1.165) is 37.3 Å². The highest BCUT2D eigenvalue weighted by Gasteiger charge is 2.14. The van der Waals surface area contributed by atoms with Gasteiger partial charge in [0.1, 0.15) is 0 Å². The molecule has 2 rings (SSSR count). The van der Waals surface area contributed by atoms with E-state index in [1.54, 1.807) is 0 Å². The number of Topliss-reactive ketones (excluding diaryl/α,β-unsaturated/α-hetero) is 1. The van der Waals surface area contributed by atoms with Crippen molar-refractivity contribution in [1.82, 2.24) is 9.80 Å². The van der Waals surface area contributed by atoms with Crippen LogP contribution in [0, 0.1) is 6.92 Å². The molecule has 3 heteroatoms. The molecule has 1 saturated heterocycles. The standard InChI is InChI=1S/C16H24N2O/c1-14-6-3-4-7-15(14)16(19)8-11-18-10-5-9-17(2)12-13-18/h3-4,6-7H,5,8-13H2,1-2H3. The zero-order valence-corrected chi connectivity index (χ0v) is 12.1. The van der Waals surface area contributed by atoms with E-state index >= 15 is 0 Å². The summed E-state index contributed by atoms with van der Waals surface area (Å²) in [6.07, 6.45) is 1.84. The van der Waals surface area contributed by atoms with Gasteiger partial charge < -0.3 is 9.80 Å². The fourth-order valence-corrected chi connectivity index (χ4v) is 2.60. The van der Waals surface area contributed by atoms with Gasteiger partial charge in [0.2, 0.25) is 0 Å². The molecule has 0 bridgehead atoms. The Morgan fingerprint density at radius 2 is 1.95 bits per heavy atom. The van der Waals surface area contributed by atoms with E-state index in [9.17, 15) is 4.79 Å². The maximum absolute atomic E-state index is 12.2. The van der Waals surface area contributed by atoms with Crippen LogP contribution in [0.25, 0.3) is 0 Å². The zero-order chi connectivity index (χ0) is 13.7. The monoisotopic (exact) mass is 260 g/mol. The molecule has 0 amide bonds. The molecule has 0 N–H and O–H groups in total. The van der Waals surface area contributed by atoms with Crippen molar-refractivity contribution in [3.8, 4) is 0 Å². The Morgan fingerprint density at radius 1 is 1.16 bits per heavy atom. The second-order valence-electron chi connectivity index (χ2n) is 5.49. The van der Waals surface area contributed by atoms with Crippen LogP contribution in [0.1, 0.15) is 28.8 Å². The van der Waals surface area contributed by atoms with E-state index in [0.29, 0.717) is 6.42 Å². The highest BCUT2D eigenvalue weighted by molar-refractivity contribution is 5.97. The lowest BCUT2D eigenvalue weighted by Gasteiger charge is -2.19. The van der Waals surface area contributed by atoms with E-state index in [-0.39, 0.29) is 5.78 Å². The summed E-state index contributed by atoms with van der Waals surface area (Å²) < 4.78 is 0. The van der Waals surface area contributed by atoms with Gasteiger partial charge in [-0.3, -0.25) is 4.79 Å². The van der Waals surface area contributed by atoms with Gasteiger partial charge in [0, 0.05) is 31.6 Å². The van der Waals surface area contributed by atoms with Crippen molar-refractivity contribution in [1.29, 1.82) is 0 Å². The van der Waals surface area contributed by atoms with Gasteiger partial charge in [0.25, 0.3) is 0 Å². The van der Waals surface area contributed by atoms with Gasteiger partial charge in [-0.05, 0) is 39.0 Å². The smallest absolute Gasteiger partial charge is 0.164 e. The average molecular weight is 260 g/mol. The van der Waals surface area contributed by atoms with Crippen molar-refractivity contribution in [2.75, 3.05) is 39.8 Å². The van der Waals surface area contributed by atoms with Crippen molar-refractivity contribution >= 4 is 5.78 Å². The SMILES string of the molecule is Cc1ccccc1C(=O)CCN1CCCN(C)CC1. The lowest BCUT2D eigenvalue weighted by Crippen LogP contribution is -2.30. The number of hydrogen-bond acceptors (Lipinski definition) is 3. The third kappa shape index (κ3) is 4.15. The third-order valence-corrected chi connectivity index (χ3v) is 3.91. The van der Waals surface area contributed by atoms with Crippen molar-refractivity contribution < 1.29 is 4.79 Å². The molecule has 1 aromatic rings. The fraction of sp³-hybridized carbons (Fsp3) is 0.562. The van der Waals surface area contributed by atoms with E-state index in [4.69, 9.17) is 0 Å². The number of ketones is 1. The van der Waals surface area contributed by atoms with Crippen LogP contribution in [0.5, 0.6) is 0 Å². The second-order valence-corrected chi connectivity index (χ2v) is 5.49. The molecule has 1 fully saturated rings. The van der Waals surface area contributed by atoms with Gasteiger partial charge in [-0.2, -0.15) is 0 Å². The molecule has 0 unspecified atom stereocenters. The summed E-state index contributed by atoms with van der Waals surface area (Å²) in [6.45, 7) is 7.37. The van der Waals surface area contributed by atoms with Crippen LogP contribution in [0.3, 0.4) is 0 Å². The molecule has 0 atom stereocenters. The van der Waals surface area contributed by atoms with Gasteiger partial charge in [0.15, 0.2) is 5.78 Å². The number of hydrogen-bond donors (Lipinski definition) is 0. The molecule has 3 nitrogen and oxygen atoms in total. The maximum Gasteiger partial charge on any atom is 0.164 e. The molecular formula is C16H24N2O. The highest BCUT2D eigenvalue weighted by atomic mass is 16.1. The molecule has 0 aliphatic carbocycles. The Bertz CT molecular complexity index is 431. The molecule has 0 saturated carbocycles. The van der Waals surface area contributed by atoms with Gasteiger partial charge in [0.05, 0.1) is 0 Å². The Hall–Kier alpha value is -1.19. The minimum Gasteiger partial charge on any atom is -0.305 e. The molecule has 1 aliphatic heterocycles. The molecule has 19 heavy (non-hydrogen) atoms. The second kappa shape index (κ2) is 6.83. The van der Waals surface area contributed by atoms with Crippen molar-refractivity contribution in [3.05, 3.63) is 35.4 Å². The minimum absolute atomic E-state index is 0.274. The lowest BCUT2D eigenvalue weighted by atomic mass is 10.0. The van der Waals surface area contributed by atoms with Crippen LogP contribution < -0.4 is 0 Å². The average Bonchev–Trinajstić information content (AvgIpc) is 2.61. The topological polar surface area (TPSA) is 23.6 Å². The van der Waals surface area contributed by atoms with Gasteiger partial charge in [-0.1, -0.05) is 24.3 Å². The third-order valence-electron chi connectivity index (χ3n) is 3.91. The number of likely N-dealkylation sites (N-methyl/N-ethyl adjacent to an activating group) is 1. The van der Waals surface area contributed by atoms with E-state index < -0.39 is 0 Å². The van der Waals surface area contributed by atoms with Crippen LogP contribution in [0.2, 0.25) is 0 Å². The first-order valence-corrected chi connectivity index (χ1v) is 7.16. The van der Waals surface area contributed by atoms with Crippen LogP contribution in [0.15, 0.2) is 24.3 Å². The largest absolute Gasteiger partial charge is 0.305 e. The van der Waals surface area contributed by atoms with Gasteiger partial charge in [-0.15, -0.1) is 0 Å². The first kappa shape index (κ1) is 14.2. The molecule has 0 aromatic heterocycles. The number of nitrogens with zero attached hydrogens (tertiary/aromatic N) is 2. The summed E-state index contributed by atoms with van der Waals surface area (Å²) in [6, 6.07) is 7.87. The molecule has 104 valence electrons. The summed E-state index contributed by atoms with van der Waals surface area (Å²) in [5.74, 6) is 0.274. The van der Waals surface area contributed by atoms with Crippen LogP contribution in [0.4, 0.5) is 0 Å². The van der Waals surface area contributed by atoms with Gasteiger partial charge >= 0.3 is 0 Å². The summed E-state index contributed by atoms with van der Waals surface area (Å²) >= 11 is 0. The Labute approximate surface area is 116 Å². The first-order chi connectivity index (χ1) is 9.16. The molecule has 1 heterocycles. The fourth-order valence-electron chi connectivity index (χ4n) is 2.60. The number of benzene rings is 1. The van der Waals surface area contributed by atoms with E-state index in [1.165, 1.54) is 13.0 Å². The van der Waals surface area contributed by atoms with Crippen molar-refractivity contribution in [2.24, 2.45) is 0 Å². The zero-order valence-electron chi connectivity index (χ0n) is 12.1. The Kier molecular flexibility index (Phi) is 5.11. The van der Waals surface area contributed by atoms with E-state index in [2.05, 4.69) is 16.8 Å². The summed E-state index contributed by atoms with van der Waals surface area (Å²) in [7, 11) is 2.17. The quantitative estimate of drug-likeness (QED) is 0.776. The summed E-state index contributed by atoms with van der Waals surface area (Å²) in [5.41, 5.74) is 1.97. The summed E-state index contributed by atoms with van der Waals surface area (Å²) in [4.78, 5) is 17.0. The van der Waals surface area contributed by atoms with Crippen molar-refractivity contribution in [2.45, 2.75) is 19.8 Å². The lowest BCUT2D eigenvalue weighted by molar-refractivity contribution is 0.0964. The van der Waals surface area contributed by atoms with Crippen molar-refractivity contribution in [3.63, 3.8) is 0 Å². The normalized spacial score (nSPS) is 18.2. The van der Waals surface area contributed by atoms with Crippen LogP contribution in [-0.4, -0.2) is 55.4 Å². The van der Waals surface area contributed by atoms with Crippen LogP contribution >= 0.6 is 0 Å². The van der Waals surface area contributed by atoms with E-state index in [1.807, 2.05) is 31.2 Å². The predicted molar refractivity (Wildman–Crippen MR) is 78.7 cm³/mol. The Balaban J connectivity index is 1.85. The predicted octanol–water partition coefficient (Wildman–Crippen LogP) is 2.21. The number of rotatable bonds is 4. The maximum atomic E-state index is 12.2. The van der Waals surface area contributed by atoms with Gasteiger partial charge in [-0.25, -0.2) is 0 Å². The number of aryl methyl sites for hydroxylation is 1. The number of carbonyl (C=O) groups excluding carboxylic acids is 1. The Morgan fingerprint density at radius 3 is 2.74 bits per heavy atom. The highest BCUT2D eigenvalue weighted by Crippen LogP contribution is 2.11. The minimum atomic E-state index is 0.274. The first-order valence-electron chi connectivity index (χ1n) is 7.16. The summed E-state index contributed by atoms with van der Waals surface area (Å²) in [5, 5.41) is 0. The molecule has 0 radical (unpaired) electrons. The molecule has 1 aromatic carbocycles. The van der Waals surface area contributed by atoms with Crippen LogP contribution in [-0.2, 0) is 0 Å². The molecule has 0 spiro atoms. The molecular weight excluding hydrogens is 236 g/mol.